The van der Waals surface area contributed by atoms with E-state index in [2.05, 4.69) is 10.3 Å². The second-order valence-corrected chi connectivity index (χ2v) is 8.45. The molecule has 2 aromatic rings. The number of anilines is 1. The molecule has 1 aromatic carbocycles. The van der Waals surface area contributed by atoms with E-state index in [0.29, 0.717) is 47.4 Å². The molecule has 1 N–H and O–H groups in total. The van der Waals surface area contributed by atoms with E-state index in [-0.39, 0.29) is 23.8 Å². The quantitative estimate of drug-likeness (QED) is 0.777. The average molecular weight is 422 g/mol. The summed E-state index contributed by atoms with van der Waals surface area (Å²) < 4.78 is 5.76. The fourth-order valence-corrected chi connectivity index (χ4v) is 4.02. The molecule has 2 heterocycles. The van der Waals surface area contributed by atoms with Crippen LogP contribution in [-0.4, -0.2) is 40.9 Å². The number of ether oxygens (including phenoxy) is 1. The first-order chi connectivity index (χ1) is 13.3. The lowest BCUT2D eigenvalue weighted by Gasteiger charge is -2.31. The van der Waals surface area contributed by atoms with Gasteiger partial charge in [-0.05, 0) is 51.8 Å². The third-order valence-corrected chi connectivity index (χ3v) is 5.65. The predicted octanol–water partition coefficient (Wildman–Crippen LogP) is 4.38. The minimum atomic E-state index is -0.126. The Kier molecular flexibility index (Phi) is 6.57. The fourth-order valence-electron chi connectivity index (χ4n) is 3.16. The summed E-state index contributed by atoms with van der Waals surface area (Å²) in [7, 11) is 0. The van der Waals surface area contributed by atoms with Crippen LogP contribution in [0.2, 0.25) is 5.02 Å². The van der Waals surface area contributed by atoms with Gasteiger partial charge in [0.1, 0.15) is 5.75 Å². The fraction of sp³-hybridized carbons (Fsp3) is 0.450. The van der Waals surface area contributed by atoms with Gasteiger partial charge in [-0.15, -0.1) is 11.3 Å². The van der Waals surface area contributed by atoms with Gasteiger partial charge in [-0.3, -0.25) is 9.59 Å². The number of rotatable bonds is 5. The van der Waals surface area contributed by atoms with Crippen molar-refractivity contribution in [2.75, 3.05) is 18.4 Å². The van der Waals surface area contributed by atoms with E-state index in [4.69, 9.17) is 16.3 Å². The van der Waals surface area contributed by atoms with Crippen LogP contribution in [-0.2, 0) is 4.79 Å². The number of halogens is 1. The summed E-state index contributed by atoms with van der Waals surface area (Å²) in [6.45, 7) is 6.75. The van der Waals surface area contributed by atoms with Gasteiger partial charge in [0.05, 0.1) is 17.4 Å². The number of aromatic nitrogens is 1. The summed E-state index contributed by atoms with van der Waals surface area (Å²) in [5.74, 6) is 0.253. The Balaban J connectivity index is 1.62. The molecule has 1 aliphatic heterocycles. The molecule has 1 aromatic heterocycles. The highest BCUT2D eigenvalue weighted by molar-refractivity contribution is 7.13. The number of nitrogens with zero attached hydrogens (tertiary/aromatic N) is 2. The van der Waals surface area contributed by atoms with Crippen LogP contribution in [0.1, 0.15) is 42.7 Å². The summed E-state index contributed by atoms with van der Waals surface area (Å²) in [6.07, 6.45) is 1.18. The molecule has 0 saturated carbocycles. The van der Waals surface area contributed by atoms with E-state index in [9.17, 15) is 9.59 Å². The van der Waals surface area contributed by atoms with Crippen LogP contribution < -0.4 is 10.1 Å². The Bertz CT molecular complexity index is 860. The van der Waals surface area contributed by atoms with Gasteiger partial charge in [0.2, 0.25) is 5.91 Å². The van der Waals surface area contributed by atoms with E-state index in [1.807, 2.05) is 26.2 Å². The van der Waals surface area contributed by atoms with Gasteiger partial charge < -0.3 is 15.0 Å². The Morgan fingerprint density at radius 1 is 1.32 bits per heavy atom. The normalized spacial score (nSPS) is 15.0. The number of carbonyl (C=O) groups excluding carboxylic acids is 2. The van der Waals surface area contributed by atoms with Crippen LogP contribution in [0.4, 0.5) is 5.13 Å². The minimum absolute atomic E-state index is 0.0342. The standard InChI is InChI=1S/C20H24ClN3O3S/c1-12(2)27-17-5-4-15(21)10-16(17)19(26)24-8-6-14(7-9-24)18(25)23-20-22-13(3)11-28-20/h4-5,10-12,14H,6-9H2,1-3H3,(H,22,23,25). The second kappa shape index (κ2) is 8.92. The highest BCUT2D eigenvalue weighted by Gasteiger charge is 2.29. The molecule has 0 atom stereocenters. The molecule has 150 valence electrons. The smallest absolute Gasteiger partial charge is 0.257 e. The summed E-state index contributed by atoms with van der Waals surface area (Å²) in [4.78, 5) is 31.5. The van der Waals surface area contributed by atoms with Crippen LogP contribution >= 0.6 is 22.9 Å². The SMILES string of the molecule is Cc1csc(NC(=O)C2CCN(C(=O)c3cc(Cl)ccc3OC(C)C)CC2)n1. The lowest BCUT2D eigenvalue weighted by molar-refractivity contribution is -0.121. The van der Waals surface area contributed by atoms with Gasteiger partial charge in [-0.2, -0.15) is 0 Å². The van der Waals surface area contributed by atoms with Crippen molar-refractivity contribution in [3.8, 4) is 5.75 Å². The maximum Gasteiger partial charge on any atom is 0.257 e. The molecular weight excluding hydrogens is 398 g/mol. The van der Waals surface area contributed by atoms with E-state index in [1.165, 1.54) is 11.3 Å². The number of hydrogen-bond acceptors (Lipinski definition) is 5. The molecule has 2 amide bonds. The largest absolute Gasteiger partial charge is 0.490 e. The van der Waals surface area contributed by atoms with Crippen molar-refractivity contribution in [1.29, 1.82) is 0 Å². The monoisotopic (exact) mass is 421 g/mol. The summed E-state index contributed by atoms with van der Waals surface area (Å²) >= 11 is 7.51. The maximum atomic E-state index is 13.0. The number of carbonyl (C=O) groups is 2. The molecule has 8 heteroatoms. The molecule has 6 nitrogen and oxygen atoms in total. The zero-order chi connectivity index (χ0) is 20.3. The molecule has 0 spiro atoms. The Morgan fingerprint density at radius 3 is 2.64 bits per heavy atom. The zero-order valence-corrected chi connectivity index (χ0v) is 17.8. The maximum absolute atomic E-state index is 13.0. The van der Waals surface area contributed by atoms with Crippen molar-refractivity contribution >= 4 is 39.9 Å². The number of thiazole rings is 1. The van der Waals surface area contributed by atoms with Crippen molar-refractivity contribution < 1.29 is 14.3 Å². The molecular formula is C20H24ClN3O3S. The van der Waals surface area contributed by atoms with Gasteiger partial charge in [-0.25, -0.2) is 4.98 Å². The van der Waals surface area contributed by atoms with Crippen LogP contribution in [0, 0.1) is 12.8 Å². The van der Waals surface area contributed by atoms with Crippen LogP contribution in [0.5, 0.6) is 5.75 Å². The number of likely N-dealkylation sites (tertiary alicyclic amines) is 1. The first kappa shape index (κ1) is 20.6. The van der Waals surface area contributed by atoms with Gasteiger partial charge >= 0.3 is 0 Å². The molecule has 0 radical (unpaired) electrons. The average Bonchev–Trinajstić information content (AvgIpc) is 3.07. The minimum Gasteiger partial charge on any atom is -0.490 e. The zero-order valence-electron chi connectivity index (χ0n) is 16.2. The summed E-state index contributed by atoms with van der Waals surface area (Å²) in [5, 5.41) is 5.89. The highest BCUT2D eigenvalue weighted by Crippen LogP contribution is 2.28. The van der Waals surface area contributed by atoms with Crippen molar-refractivity contribution in [3.05, 3.63) is 39.9 Å². The molecule has 0 unspecified atom stereocenters. The van der Waals surface area contributed by atoms with Gasteiger partial charge in [-0.1, -0.05) is 11.6 Å². The topological polar surface area (TPSA) is 71.5 Å². The number of hydrogen-bond donors (Lipinski definition) is 1. The van der Waals surface area contributed by atoms with E-state index in [0.717, 1.165) is 5.69 Å². The van der Waals surface area contributed by atoms with Crippen LogP contribution in [0.15, 0.2) is 23.6 Å². The van der Waals surface area contributed by atoms with Crippen molar-refractivity contribution in [1.82, 2.24) is 9.88 Å². The number of aryl methyl sites for hydroxylation is 1. The number of piperidine rings is 1. The third-order valence-electron chi connectivity index (χ3n) is 4.54. The number of nitrogens with one attached hydrogen (secondary N) is 1. The summed E-state index contributed by atoms with van der Waals surface area (Å²) in [5.41, 5.74) is 1.35. The lowest BCUT2D eigenvalue weighted by Crippen LogP contribution is -2.41. The molecule has 1 fully saturated rings. The lowest BCUT2D eigenvalue weighted by atomic mass is 9.95. The third kappa shape index (κ3) is 5.02. The highest BCUT2D eigenvalue weighted by atomic mass is 35.5. The van der Waals surface area contributed by atoms with Crippen molar-refractivity contribution in [2.24, 2.45) is 5.92 Å². The van der Waals surface area contributed by atoms with E-state index < -0.39 is 0 Å². The molecule has 1 saturated heterocycles. The predicted molar refractivity (Wildman–Crippen MR) is 111 cm³/mol. The Hall–Kier alpha value is -2.12. The number of benzene rings is 1. The number of amides is 2. The molecule has 28 heavy (non-hydrogen) atoms. The first-order valence-electron chi connectivity index (χ1n) is 9.32. The van der Waals surface area contributed by atoms with Crippen LogP contribution in [0.25, 0.3) is 0 Å². The van der Waals surface area contributed by atoms with Gasteiger partial charge in [0.25, 0.3) is 5.91 Å². The van der Waals surface area contributed by atoms with Gasteiger partial charge in [0.15, 0.2) is 5.13 Å². The van der Waals surface area contributed by atoms with Gasteiger partial charge in [0, 0.05) is 29.4 Å². The van der Waals surface area contributed by atoms with Crippen molar-refractivity contribution in [2.45, 2.75) is 39.7 Å². The summed E-state index contributed by atoms with van der Waals surface area (Å²) in [6, 6.07) is 5.09. The molecule has 3 rings (SSSR count). The van der Waals surface area contributed by atoms with Crippen LogP contribution in [0.3, 0.4) is 0 Å². The molecule has 0 bridgehead atoms. The van der Waals surface area contributed by atoms with E-state index in [1.54, 1.807) is 23.1 Å². The van der Waals surface area contributed by atoms with E-state index >= 15 is 0 Å². The molecule has 0 aliphatic carbocycles. The first-order valence-corrected chi connectivity index (χ1v) is 10.6. The second-order valence-electron chi connectivity index (χ2n) is 7.16. The molecule has 1 aliphatic rings. The Labute approximate surface area is 173 Å². The van der Waals surface area contributed by atoms with Crippen molar-refractivity contribution in [3.63, 3.8) is 0 Å². The Morgan fingerprint density at radius 2 is 2.04 bits per heavy atom.